The SMILES string of the molecule is CC(=O)N(Cc1cc(F)cc(F)c1)CC1CCC2C(CC3C4CCC5C(C)(C)C(OC(=O)c6ccncc6)CCC56CC46CCC23C)O1. The van der Waals surface area contributed by atoms with E-state index in [4.69, 9.17) is 9.47 Å². The summed E-state index contributed by atoms with van der Waals surface area (Å²) in [5, 5.41) is 0. The minimum Gasteiger partial charge on any atom is -0.458 e. The average molecular weight is 661 g/mol. The van der Waals surface area contributed by atoms with E-state index in [-0.39, 0.29) is 47.6 Å². The average Bonchev–Trinajstić information content (AvgIpc) is 3.62. The summed E-state index contributed by atoms with van der Waals surface area (Å²) in [6, 6.07) is 6.94. The largest absolute Gasteiger partial charge is 0.458 e. The molecule has 6 aliphatic rings. The van der Waals surface area contributed by atoms with Crippen molar-refractivity contribution in [2.24, 2.45) is 45.3 Å². The van der Waals surface area contributed by atoms with Crippen LogP contribution in [0.4, 0.5) is 8.78 Å². The maximum atomic E-state index is 13.9. The fraction of sp³-hybridized carbons (Fsp3) is 0.675. The van der Waals surface area contributed by atoms with Gasteiger partial charge in [-0.25, -0.2) is 13.6 Å². The second kappa shape index (κ2) is 11.3. The van der Waals surface area contributed by atoms with Crippen LogP contribution in [0.2, 0.25) is 0 Å². The number of nitrogens with zero attached hydrogens (tertiary/aromatic N) is 2. The Morgan fingerprint density at radius 3 is 2.38 bits per heavy atom. The molecule has 0 bridgehead atoms. The van der Waals surface area contributed by atoms with Gasteiger partial charge in [0, 0.05) is 43.9 Å². The summed E-state index contributed by atoms with van der Waals surface area (Å²) in [6.45, 7) is 9.41. The summed E-state index contributed by atoms with van der Waals surface area (Å²) in [4.78, 5) is 31.4. The van der Waals surface area contributed by atoms with Gasteiger partial charge in [0.2, 0.25) is 5.91 Å². The summed E-state index contributed by atoms with van der Waals surface area (Å²) >= 11 is 0. The smallest absolute Gasteiger partial charge is 0.338 e. The summed E-state index contributed by atoms with van der Waals surface area (Å²) in [5.74, 6) is 0.845. The molecule has 2 heterocycles. The van der Waals surface area contributed by atoms with Crippen LogP contribution < -0.4 is 0 Å². The van der Waals surface area contributed by atoms with E-state index >= 15 is 0 Å². The van der Waals surface area contributed by atoms with E-state index in [1.54, 1.807) is 29.4 Å². The maximum Gasteiger partial charge on any atom is 0.338 e. The highest BCUT2D eigenvalue weighted by atomic mass is 19.1. The van der Waals surface area contributed by atoms with Gasteiger partial charge in [0.05, 0.1) is 17.8 Å². The molecule has 8 heteroatoms. The monoisotopic (exact) mass is 660 g/mol. The standard InChI is InChI=1S/C40H50F2N2O4/c1-24(45)44(21-25-17-27(41)19-28(42)18-25)22-29-5-6-31-33(47-29)20-32-30-7-8-34-37(2,3)35(48-36(46)26-10-15-43-16-11-26)9-12-40(34)23-39(30,40)14-13-38(31,32)4/h10-11,15-19,29-35H,5-9,12-14,20-23H2,1-4H3. The van der Waals surface area contributed by atoms with Crippen molar-refractivity contribution < 1.29 is 27.8 Å². The number of esters is 1. The van der Waals surface area contributed by atoms with Crippen molar-refractivity contribution in [2.45, 2.75) is 117 Å². The number of halogens is 2. The third-order valence-electron chi connectivity index (χ3n) is 14.9. The lowest BCUT2D eigenvalue weighted by molar-refractivity contribution is -0.141. The van der Waals surface area contributed by atoms with E-state index < -0.39 is 11.6 Å². The van der Waals surface area contributed by atoms with Crippen LogP contribution >= 0.6 is 0 Å². The highest BCUT2D eigenvalue weighted by Crippen LogP contribution is 2.87. The molecule has 1 aromatic heterocycles. The van der Waals surface area contributed by atoms with E-state index in [2.05, 4.69) is 25.8 Å². The first-order chi connectivity index (χ1) is 22.9. The van der Waals surface area contributed by atoms with Crippen LogP contribution in [0.5, 0.6) is 0 Å². The lowest BCUT2D eigenvalue weighted by Gasteiger charge is -2.59. The molecule has 0 radical (unpaired) electrons. The van der Waals surface area contributed by atoms with E-state index in [1.807, 2.05) is 0 Å². The fourth-order valence-electron chi connectivity index (χ4n) is 12.8. The van der Waals surface area contributed by atoms with Gasteiger partial charge in [0.1, 0.15) is 17.7 Å². The third-order valence-corrected chi connectivity index (χ3v) is 14.9. The van der Waals surface area contributed by atoms with Crippen molar-refractivity contribution in [3.05, 3.63) is 65.5 Å². The van der Waals surface area contributed by atoms with E-state index in [0.717, 1.165) is 38.2 Å². The Hall–Kier alpha value is -2.87. The topological polar surface area (TPSA) is 68.7 Å². The predicted octanol–water partition coefficient (Wildman–Crippen LogP) is 8.14. The van der Waals surface area contributed by atoms with Crippen molar-refractivity contribution in [2.75, 3.05) is 6.54 Å². The summed E-state index contributed by atoms with van der Waals surface area (Å²) in [5.41, 5.74) is 1.98. The summed E-state index contributed by atoms with van der Waals surface area (Å²) < 4.78 is 40.9. The lowest BCUT2D eigenvalue weighted by atomic mass is 9.46. The predicted molar refractivity (Wildman–Crippen MR) is 176 cm³/mol. The highest BCUT2D eigenvalue weighted by molar-refractivity contribution is 5.89. The number of rotatable bonds is 6. The Bertz CT molecular complexity index is 1580. The molecule has 6 nitrogen and oxygen atoms in total. The van der Waals surface area contributed by atoms with Gasteiger partial charge in [-0.05, 0) is 134 Å². The van der Waals surface area contributed by atoms with Gasteiger partial charge in [-0.2, -0.15) is 0 Å². The number of pyridine rings is 1. The fourth-order valence-corrected chi connectivity index (χ4v) is 12.8. The molecule has 2 aromatic rings. The van der Waals surface area contributed by atoms with Crippen molar-refractivity contribution in [1.29, 1.82) is 0 Å². The Morgan fingerprint density at radius 1 is 0.917 bits per heavy atom. The van der Waals surface area contributed by atoms with Gasteiger partial charge >= 0.3 is 5.97 Å². The van der Waals surface area contributed by atoms with Crippen molar-refractivity contribution >= 4 is 11.9 Å². The highest BCUT2D eigenvalue weighted by Gasteiger charge is 2.80. The van der Waals surface area contributed by atoms with Gasteiger partial charge in [-0.15, -0.1) is 0 Å². The summed E-state index contributed by atoms with van der Waals surface area (Å²) in [6.07, 6.45) is 14.8. The number of aromatic nitrogens is 1. The van der Waals surface area contributed by atoms with Crippen molar-refractivity contribution in [3.63, 3.8) is 0 Å². The zero-order valence-corrected chi connectivity index (χ0v) is 28.9. The number of benzene rings is 1. The van der Waals surface area contributed by atoms with E-state index in [1.165, 1.54) is 51.2 Å². The first-order valence-electron chi connectivity index (χ1n) is 18.3. The molecule has 258 valence electrons. The second-order valence-electron chi connectivity index (χ2n) is 17.2. The van der Waals surface area contributed by atoms with Gasteiger partial charge in [0.25, 0.3) is 0 Å². The Labute approximate surface area is 283 Å². The first kappa shape index (κ1) is 32.3. The Morgan fingerprint density at radius 2 is 1.65 bits per heavy atom. The molecule has 0 N–H and O–H groups in total. The molecule has 10 unspecified atom stereocenters. The normalized spacial score (nSPS) is 40.3. The number of ether oxygens (including phenoxy) is 2. The molecule has 10 atom stereocenters. The van der Waals surface area contributed by atoms with Crippen molar-refractivity contribution in [1.82, 2.24) is 9.88 Å². The van der Waals surface area contributed by atoms with Crippen molar-refractivity contribution in [3.8, 4) is 0 Å². The Kier molecular flexibility index (Phi) is 7.63. The minimum absolute atomic E-state index is 0.0693. The molecule has 48 heavy (non-hydrogen) atoms. The Balaban J connectivity index is 0.953. The van der Waals surface area contributed by atoms with Crippen LogP contribution in [0.3, 0.4) is 0 Å². The first-order valence-corrected chi connectivity index (χ1v) is 18.3. The van der Waals surface area contributed by atoms with Crippen LogP contribution in [0.1, 0.15) is 108 Å². The van der Waals surface area contributed by atoms with Gasteiger partial charge in [0.15, 0.2) is 0 Å². The molecule has 8 rings (SSSR count). The molecule has 1 amide bonds. The molecular weight excluding hydrogens is 610 g/mol. The van der Waals surface area contributed by atoms with Crippen LogP contribution in [0, 0.1) is 57.0 Å². The number of carbonyl (C=O) groups is 2. The van der Waals surface area contributed by atoms with Crippen LogP contribution in [-0.4, -0.2) is 46.6 Å². The quantitative estimate of drug-likeness (QED) is 0.293. The minimum atomic E-state index is -0.627. The molecule has 1 aromatic carbocycles. The molecule has 6 fully saturated rings. The van der Waals surface area contributed by atoms with Gasteiger partial charge in [-0.3, -0.25) is 9.78 Å². The van der Waals surface area contributed by atoms with Crippen LogP contribution in [0.15, 0.2) is 42.7 Å². The number of amides is 1. The molecule has 1 saturated heterocycles. The number of fused-ring (bicyclic) bond motifs is 4. The number of carbonyl (C=O) groups excluding carboxylic acids is 2. The van der Waals surface area contributed by atoms with Crippen LogP contribution in [-0.2, 0) is 20.8 Å². The maximum absolute atomic E-state index is 13.9. The molecular formula is C40H50F2N2O4. The molecule has 5 saturated carbocycles. The second-order valence-corrected chi connectivity index (χ2v) is 17.2. The summed E-state index contributed by atoms with van der Waals surface area (Å²) in [7, 11) is 0. The number of hydrogen-bond donors (Lipinski definition) is 0. The molecule has 2 spiro atoms. The van der Waals surface area contributed by atoms with Gasteiger partial charge in [-0.1, -0.05) is 20.8 Å². The van der Waals surface area contributed by atoms with E-state index in [9.17, 15) is 18.4 Å². The zero-order chi connectivity index (χ0) is 33.6. The number of hydrogen-bond acceptors (Lipinski definition) is 5. The van der Waals surface area contributed by atoms with Gasteiger partial charge < -0.3 is 14.4 Å². The van der Waals surface area contributed by atoms with E-state index in [0.29, 0.717) is 52.2 Å². The van der Waals surface area contributed by atoms with Crippen LogP contribution in [0.25, 0.3) is 0 Å². The molecule has 1 aliphatic heterocycles. The molecule has 5 aliphatic carbocycles. The third kappa shape index (κ3) is 4.89. The lowest BCUT2D eigenvalue weighted by Crippen LogP contribution is -2.55. The zero-order valence-electron chi connectivity index (χ0n) is 28.9.